The molecule has 0 radical (unpaired) electrons. The Hall–Kier alpha value is -1.33. The van der Waals surface area contributed by atoms with Crippen molar-refractivity contribution in [3.05, 3.63) is 51.5 Å². The molecule has 1 unspecified atom stereocenters. The second kappa shape index (κ2) is 6.21. The minimum Gasteiger partial charge on any atom is -0.309 e. The predicted molar refractivity (Wildman–Crippen MR) is 73.3 cm³/mol. The summed E-state index contributed by atoms with van der Waals surface area (Å²) >= 11 is 1.58. The maximum atomic E-state index is 13.7. The zero-order valence-corrected chi connectivity index (χ0v) is 11.7. The SMILES string of the molecule is CCNC(Cc1cc(F)ccc1F)c1cnc(C)s1. The predicted octanol–water partition coefficient (Wildman–Crippen LogP) is 3.62. The molecule has 1 aromatic carbocycles. The van der Waals surface area contributed by atoms with Crippen LogP contribution in [-0.4, -0.2) is 11.5 Å². The molecule has 0 amide bonds. The Bertz CT molecular complexity index is 554. The van der Waals surface area contributed by atoms with E-state index >= 15 is 0 Å². The number of nitrogens with zero attached hydrogens (tertiary/aromatic N) is 1. The molecule has 1 atom stereocenters. The minimum atomic E-state index is -0.410. The maximum Gasteiger partial charge on any atom is 0.126 e. The fourth-order valence-corrected chi connectivity index (χ4v) is 2.84. The third-order valence-corrected chi connectivity index (χ3v) is 3.89. The van der Waals surface area contributed by atoms with Gasteiger partial charge in [0.1, 0.15) is 11.6 Å². The Morgan fingerprint density at radius 1 is 1.37 bits per heavy atom. The van der Waals surface area contributed by atoms with Crippen molar-refractivity contribution < 1.29 is 8.78 Å². The van der Waals surface area contributed by atoms with Crippen LogP contribution in [0.2, 0.25) is 0 Å². The lowest BCUT2D eigenvalue weighted by Gasteiger charge is -2.16. The lowest BCUT2D eigenvalue weighted by molar-refractivity contribution is 0.527. The summed E-state index contributed by atoms with van der Waals surface area (Å²) in [6, 6.07) is 3.53. The quantitative estimate of drug-likeness (QED) is 0.906. The molecule has 0 bridgehead atoms. The number of benzene rings is 1. The average molecular weight is 282 g/mol. The number of rotatable bonds is 5. The molecule has 0 fully saturated rings. The summed E-state index contributed by atoms with van der Waals surface area (Å²) < 4.78 is 26.9. The first-order valence-corrected chi connectivity index (χ1v) is 7.01. The molecule has 1 N–H and O–H groups in total. The fourth-order valence-electron chi connectivity index (χ4n) is 1.98. The van der Waals surface area contributed by atoms with E-state index < -0.39 is 5.82 Å². The second-order valence-corrected chi connectivity index (χ2v) is 5.60. The van der Waals surface area contributed by atoms with E-state index in [1.165, 1.54) is 12.1 Å². The third-order valence-electron chi connectivity index (χ3n) is 2.86. The summed E-state index contributed by atoms with van der Waals surface area (Å²) in [5.74, 6) is -0.780. The molecule has 0 spiro atoms. The van der Waals surface area contributed by atoms with Gasteiger partial charge in [-0.25, -0.2) is 13.8 Å². The first-order valence-electron chi connectivity index (χ1n) is 6.19. The molecule has 19 heavy (non-hydrogen) atoms. The van der Waals surface area contributed by atoms with E-state index in [4.69, 9.17) is 0 Å². The smallest absolute Gasteiger partial charge is 0.126 e. The molecule has 1 aromatic heterocycles. The highest BCUT2D eigenvalue weighted by atomic mass is 32.1. The van der Waals surface area contributed by atoms with Gasteiger partial charge in [0.15, 0.2) is 0 Å². The van der Waals surface area contributed by atoms with Crippen molar-refractivity contribution in [1.82, 2.24) is 10.3 Å². The van der Waals surface area contributed by atoms with Gasteiger partial charge >= 0.3 is 0 Å². The van der Waals surface area contributed by atoms with Crippen LogP contribution in [0.5, 0.6) is 0 Å². The highest BCUT2D eigenvalue weighted by Crippen LogP contribution is 2.25. The standard InChI is InChI=1S/C14H16F2N2S/c1-3-17-13(14-8-18-9(2)19-14)7-10-6-11(15)4-5-12(10)16/h4-6,8,13,17H,3,7H2,1-2H3. The number of likely N-dealkylation sites (N-methyl/N-ethyl adjacent to an activating group) is 1. The molecule has 1 heterocycles. The average Bonchev–Trinajstić information content (AvgIpc) is 2.80. The summed E-state index contributed by atoms with van der Waals surface area (Å²) in [5, 5.41) is 4.26. The fraction of sp³-hybridized carbons (Fsp3) is 0.357. The Kier molecular flexibility index (Phi) is 4.61. The van der Waals surface area contributed by atoms with E-state index in [0.29, 0.717) is 12.0 Å². The van der Waals surface area contributed by atoms with Crippen LogP contribution in [0.25, 0.3) is 0 Å². The van der Waals surface area contributed by atoms with Crippen molar-refractivity contribution in [3.63, 3.8) is 0 Å². The number of halogens is 2. The van der Waals surface area contributed by atoms with Crippen LogP contribution in [0.4, 0.5) is 8.78 Å². The highest BCUT2D eigenvalue weighted by molar-refractivity contribution is 7.11. The van der Waals surface area contributed by atoms with Crippen LogP contribution < -0.4 is 5.32 Å². The molecule has 0 saturated carbocycles. The van der Waals surface area contributed by atoms with Gasteiger partial charge in [0, 0.05) is 17.1 Å². The first-order chi connectivity index (χ1) is 9.10. The van der Waals surface area contributed by atoms with E-state index in [9.17, 15) is 8.78 Å². The Labute approximate surface area is 115 Å². The zero-order valence-electron chi connectivity index (χ0n) is 10.9. The van der Waals surface area contributed by atoms with Crippen LogP contribution in [0.1, 0.15) is 28.4 Å². The van der Waals surface area contributed by atoms with Gasteiger partial charge in [0.05, 0.1) is 5.01 Å². The molecule has 0 saturated heterocycles. The molecular weight excluding hydrogens is 266 g/mol. The van der Waals surface area contributed by atoms with Gasteiger partial charge in [-0.15, -0.1) is 11.3 Å². The number of hydrogen-bond acceptors (Lipinski definition) is 3. The normalized spacial score (nSPS) is 12.6. The molecule has 102 valence electrons. The number of aryl methyl sites for hydroxylation is 1. The monoisotopic (exact) mass is 282 g/mol. The van der Waals surface area contributed by atoms with Crippen LogP contribution in [0.3, 0.4) is 0 Å². The van der Waals surface area contributed by atoms with E-state index in [1.807, 2.05) is 13.8 Å². The van der Waals surface area contributed by atoms with Crippen LogP contribution >= 0.6 is 11.3 Å². The number of nitrogens with one attached hydrogen (secondary N) is 1. The van der Waals surface area contributed by atoms with E-state index in [-0.39, 0.29) is 11.9 Å². The van der Waals surface area contributed by atoms with Crippen molar-refractivity contribution >= 4 is 11.3 Å². The molecular formula is C14H16F2N2S. The van der Waals surface area contributed by atoms with Crippen molar-refractivity contribution in [2.45, 2.75) is 26.3 Å². The Morgan fingerprint density at radius 3 is 2.79 bits per heavy atom. The van der Waals surface area contributed by atoms with Gasteiger partial charge in [-0.2, -0.15) is 0 Å². The van der Waals surface area contributed by atoms with Gasteiger partial charge in [0.25, 0.3) is 0 Å². The van der Waals surface area contributed by atoms with Crippen molar-refractivity contribution in [2.24, 2.45) is 0 Å². The number of thiazole rings is 1. The van der Waals surface area contributed by atoms with Crippen molar-refractivity contribution in [3.8, 4) is 0 Å². The van der Waals surface area contributed by atoms with Crippen LogP contribution in [-0.2, 0) is 6.42 Å². The molecule has 5 heteroatoms. The maximum absolute atomic E-state index is 13.7. The Balaban J connectivity index is 2.23. The van der Waals surface area contributed by atoms with Crippen molar-refractivity contribution in [2.75, 3.05) is 6.54 Å². The molecule has 0 aliphatic carbocycles. The summed E-state index contributed by atoms with van der Waals surface area (Å²) in [4.78, 5) is 5.26. The Morgan fingerprint density at radius 2 is 2.16 bits per heavy atom. The van der Waals surface area contributed by atoms with Gasteiger partial charge in [-0.3, -0.25) is 0 Å². The summed E-state index contributed by atoms with van der Waals surface area (Å²) in [6.45, 7) is 4.68. The molecule has 2 nitrogen and oxygen atoms in total. The third kappa shape index (κ3) is 3.58. The van der Waals surface area contributed by atoms with Gasteiger partial charge in [-0.1, -0.05) is 6.92 Å². The van der Waals surface area contributed by atoms with E-state index in [2.05, 4.69) is 10.3 Å². The highest BCUT2D eigenvalue weighted by Gasteiger charge is 2.16. The summed E-state index contributed by atoms with van der Waals surface area (Å²) in [5.41, 5.74) is 0.386. The van der Waals surface area contributed by atoms with E-state index in [1.54, 1.807) is 17.5 Å². The molecule has 2 aromatic rings. The van der Waals surface area contributed by atoms with Gasteiger partial charge < -0.3 is 5.32 Å². The number of aromatic nitrogens is 1. The molecule has 0 aliphatic heterocycles. The van der Waals surface area contributed by atoms with Crippen molar-refractivity contribution in [1.29, 1.82) is 0 Å². The summed E-state index contributed by atoms with van der Waals surface area (Å²) in [7, 11) is 0. The number of hydrogen-bond donors (Lipinski definition) is 1. The zero-order chi connectivity index (χ0) is 13.8. The molecule has 0 aliphatic rings. The van der Waals surface area contributed by atoms with E-state index in [0.717, 1.165) is 22.5 Å². The van der Waals surface area contributed by atoms with Gasteiger partial charge in [0.2, 0.25) is 0 Å². The summed E-state index contributed by atoms with van der Waals surface area (Å²) in [6.07, 6.45) is 2.21. The topological polar surface area (TPSA) is 24.9 Å². The second-order valence-electron chi connectivity index (χ2n) is 4.33. The minimum absolute atomic E-state index is 0.0347. The van der Waals surface area contributed by atoms with Crippen LogP contribution in [0.15, 0.2) is 24.4 Å². The lowest BCUT2D eigenvalue weighted by atomic mass is 10.0. The molecule has 2 rings (SSSR count). The lowest BCUT2D eigenvalue weighted by Crippen LogP contribution is -2.22. The largest absolute Gasteiger partial charge is 0.309 e. The van der Waals surface area contributed by atoms with Gasteiger partial charge in [-0.05, 0) is 43.7 Å². The van der Waals surface area contributed by atoms with Crippen LogP contribution in [0, 0.1) is 18.6 Å². The first kappa shape index (κ1) is 14.1.